The largest absolute Gasteiger partial charge is 0.497 e. The van der Waals surface area contributed by atoms with Gasteiger partial charge in [-0.25, -0.2) is 5.43 Å². The number of nitro benzene ring substituents is 1. The highest BCUT2D eigenvalue weighted by molar-refractivity contribution is 6.33. The van der Waals surface area contributed by atoms with E-state index >= 15 is 0 Å². The fraction of sp³-hybridized carbons (Fsp3) is 0.0417. The van der Waals surface area contributed by atoms with Crippen molar-refractivity contribution in [3.05, 3.63) is 110 Å². The molecule has 2 N–H and O–H groups in total. The van der Waals surface area contributed by atoms with Gasteiger partial charge in [0.2, 0.25) is 0 Å². The van der Waals surface area contributed by atoms with Crippen LogP contribution in [0.2, 0.25) is 5.02 Å². The first-order valence-corrected chi connectivity index (χ1v) is 10.2. The molecule has 0 aliphatic heterocycles. The summed E-state index contributed by atoms with van der Waals surface area (Å²) in [5.74, 6) is -0.561. The summed E-state index contributed by atoms with van der Waals surface area (Å²) in [7, 11) is 1.54. The van der Waals surface area contributed by atoms with Crippen LogP contribution in [0.3, 0.4) is 0 Å². The van der Waals surface area contributed by atoms with Crippen LogP contribution in [0.1, 0.15) is 21.5 Å². The Morgan fingerprint density at radius 3 is 2.41 bits per heavy atom. The maximum Gasteiger partial charge on any atom is 0.287 e. The van der Waals surface area contributed by atoms with Crippen molar-refractivity contribution in [2.75, 3.05) is 7.11 Å². The minimum absolute atomic E-state index is 0.0682. The first kappa shape index (κ1) is 24.1. The molecule has 0 spiro atoms. The van der Waals surface area contributed by atoms with Crippen molar-refractivity contribution in [1.82, 2.24) is 10.7 Å². The predicted octanol–water partition coefficient (Wildman–Crippen LogP) is 4.18. The maximum atomic E-state index is 12.8. The topological polar surface area (TPSA) is 123 Å². The molecule has 0 radical (unpaired) electrons. The number of nitrogens with zero attached hydrogens (tertiary/aromatic N) is 2. The Kier molecular flexibility index (Phi) is 8.09. The highest BCUT2D eigenvalue weighted by atomic mass is 35.5. The zero-order valence-corrected chi connectivity index (χ0v) is 18.7. The Morgan fingerprint density at radius 2 is 1.76 bits per heavy atom. The molecule has 0 atom stereocenters. The smallest absolute Gasteiger partial charge is 0.287 e. The minimum atomic E-state index is -0.710. The molecule has 0 heterocycles. The number of nitro groups is 1. The van der Waals surface area contributed by atoms with E-state index in [-0.39, 0.29) is 22.0 Å². The van der Waals surface area contributed by atoms with E-state index in [2.05, 4.69) is 15.8 Å². The lowest BCUT2D eigenvalue weighted by Crippen LogP contribution is -2.32. The number of amides is 2. The van der Waals surface area contributed by atoms with Crippen molar-refractivity contribution in [1.29, 1.82) is 0 Å². The molecule has 0 aliphatic carbocycles. The molecule has 0 aromatic heterocycles. The summed E-state index contributed by atoms with van der Waals surface area (Å²) in [6.07, 6.45) is 2.66. The Morgan fingerprint density at radius 1 is 1.06 bits per heavy atom. The number of non-ortho nitro benzene ring substituents is 1. The number of rotatable bonds is 8. The lowest BCUT2D eigenvalue weighted by atomic mass is 10.1. The summed E-state index contributed by atoms with van der Waals surface area (Å²) in [6, 6.07) is 19.1. The second-order valence-corrected chi connectivity index (χ2v) is 7.22. The van der Waals surface area contributed by atoms with Gasteiger partial charge in [0, 0.05) is 28.3 Å². The summed E-state index contributed by atoms with van der Waals surface area (Å²) in [4.78, 5) is 35.8. The summed E-state index contributed by atoms with van der Waals surface area (Å²) in [5.41, 5.74) is 3.29. The van der Waals surface area contributed by atoms with Crippen molar-refractivity contribution in [3.63, 3.8) is 0 Å². The number of hydrogen-bond donors (Lipinski definition) is 2. The molecule has 0 saturated heterocycles. The third-order valence-corrected chi connectivity index (χ3v) is 4.86. The van der Waals surface area contributed by atoms with Crippen LogP contribution in [0.4, 0.5) is 5.69 Å². The molecule has 0 aliphatic rings. The maximum absolute atomic E-state index is 12.8. The van der Waals surface area contributed by atoms with E-state index in [0.29, 0.717) is 16.9 Å². The van der Waals surface area contributed by atoms with Gasteiger partial charge in [-0.2, -0.15) is 5.10 Å². The Hall–Kier alpha value is -4.50. The zero-order valence-electron chi connectivity index (χ0n) is 17.9. The van der Waals surface area contributed by atoms with Gasteiger partial charge >= 0.3 is 0 Å². The molecule has 0 bridgehead atoms. The van der Waals surface area contributed by atoms with Crippen LogP contribution in [0, 0.1) is 10.1 Å². The summed E-state index contributed by atoms with van der Waals surface area (Å²) in [6.45, 7) is 0. The number of hydrogen-bond acceptors (Lipinski definition) is 6. The molecule has 3 aromatic rings. The normalized spacial score (nSPS) is 11.2. The van der Waals surface area contributed by atoms with Crippen molar-refractivity contribution in [3.8, 4) is 5.75 Å². The van der Waals surface area contributed by atoms with E-state index < -0.39 is 16.7 Å². The van der Waals surface area contributed by atoms with Crippen LogP contribution < -0.4 is 15.5 Å². The van der Waals surface area contributed by atoms with Crippen LogP contribution >= 0.6 is 11.6 Å². The van der Waals surface area contributed by atoms with Gasteiger partial charge in [-0.3, -0.25) is 19.7 Å². The molecule has 9 nitrogen and oxygen atoms in total. The summed E-state index contributed by atoms with van der Waals surface area (Å²) in [5, 5.41) is 17.6. The van der Waals surface area contributed by atoms with Gasteiger partial charge in [-0.1, -0.05) is 41.9 Å². The fourth-order valence-corrected chi connectivity index (χ4v) is 2.94. The lowest BCUT2D eigenvalue weighted by Gasteiger charge is -2.09. The van der Waals surface area contributed by atoms with Gasteiger partial charge in [0.1, 0.15) is 11.4 Å². The van der Waals surface area contributed by atoms with E-state index in [1.54, 1.807) is 54.6 Å². The number of carbonyl (C=O) groups excluding carboxylic acids is 2. The first-order chi connectivity index (χ1) is 16.4. The van der Waals surface area contributed by atoms with Gasteiger partial charge in [0.05, 0.1) is 18.2 Å². The third-order valence-electron chi connectivity index (χ3n) is 4.52. The average Bonchev–Trinajstić information content (AvgIpc) is 2.85. The molecule has 2 amide bonds. The molecule has 10 heteroatoms. The number of ether oxygens (including phenoxy) is 1. The SMILES string of the molecule is COc1ccc(/C=C(/NC(=O)c2ccccc2)C(=O)N/N=C\c2cc([N+](=O)[O-])ccc2Cl)cc1. The van der Waals surface area contributed by atoms with Gasteiger partial charge in [0.25, 0.3) is 17.5 Å². The molecule has 0 fully saturated rings. The van der Waals surface area contributed by atoms with E-state index in [0.717, 1.165) is 0 Å². The lowest BCUT2D eigenvalue weighted by molar-refractivity contribution is -0.384. The molecular formula is C24H19ClN4O5. The Bertz CT molecular complexity index is 1260. The van der Waals surface area contributed by atoms with Crippen molar-refractivity contribution in [2.45, 2.75) is 0 Å². The number of nitrogens with one attached hydrogen (secondary N) is 2. The highest BCUT2D eigenvalue weighted by Gasteiger charge is 2.15. The number of hydrazone groups is 1. The number of halogens is 1. The molecule has 34 heavy (non-hydrogen) atoms. The van der Waals surface area contributed by atoms with E-state index in [1.807, 2.05) is 0 Å². The van der Waals surface area contributed by atoms with Crippen molar-refractivity contribution in [2.24, 2.45) is 5.10 Å². The Balaban J connectivity index is 1.83. The molecule has 3 aromatic carbocycles. The fourth-order valence-electron chi connectivity index (χ4n) is 2.77. The molecular weight excluding hydrogens is 460 g/mol. The predicted molar refractivity (Wildman–Crippen MR) is 129 cm³/mol. The Labute approximate surface area is 199 Å². The van der Waals surface area contributed by atoms with Crippen molar-refractivity contribution < 1.29 is 19.2 Å². The molecule has 172 valence electrons. The van der Waals surface area contributed by atoms with Crippen LogP contribution in [0.5, 0.6) is 5.75 Å². The van der Waals surface area contributed by atoms with Gasteiger partial charge in [-0.05, 0) is 42.0 Å². The van der Waals surface area contributed by atoms with Crippen LogP contribution in [0.15, 0.2) is 83.6 Å². The second kappa shape index (κ2) is 11.4. The zero-order chi connectivity index (χ0) is 24.5. The molecule has 0 saturated carbocycles. The quantitative estimate of drug-likeness (QED) is 0.217. The van der Waals surface area contributed by atoms with Crippen LogP contribution in [-0.4, -0.2) is 30.1 Å². The van der Waals surface area contributed by atoms with Crippen LogP contribution in [0.25, 0.3) is 6.08 Å². The summed E-state index contributed by atoms with van der Waals surface area (Å²) >= 11 is 6.04. The number of carbonyl (C=O) groups is 2. The van der Waals surface area contributed by atoms with Gasteiger partial charge < -0.3 is 10.1 Å². The van der Waals surface area contributed by atoms with Crippen molar-refractivity contribution >= 4 is 41.4 Å². The first-order valence-electron chi connectivity index (χ1n) is 9.87. The number of methoxy groups -OCH3 is 1. The van der Waals surface area contributed by atoms with Gasteiger partial charge in [0.15, 0.2) is 0 Å². The molecule has 0 unspecified atom stereocenters. The van der Waals surface area contributed by atoms with Gasteiger partial charge in [-0.15, -0.1) is 0 Å². The highest BCUT2D eigenvalue weighted by Crippen LogP contribution is 2.20. The minimum Gasteiger partial charge on any atom is -0.497 e. The molecule has 3 rings (SSSR count). The third kappa shape index (κ3) is 6.50. The van der Waals surface area contributed by atoms with E-state index in [9.17, 15) is 19.7 Å². The monoisotopic (exact) mass is 478 g/mol. The second-order valence-electron chi connectivity index (χ2n) is 6.81. The van der Waals surface area contributed by atoms with Crippen LogP contribution in [-0.2, 0) is 4.79 Å². The average molecular weight is 479 g/mol. The van der Waals surface area contributed by atoms with E-state index in [1.165, 1.54) is 37.6 Å². The summed E-state index contributed by atoms with van der Waals surface area (Å²) < 4.78 is 5.13. The number of benzene rings is 3. The standard InChI is InChI=1S/C24H19ClN4O5/c1-34-20-10-7-16(8-11-20)13-22(27-23(30)17-5-3-2-4-6-17)24(31)28-26-15-18-14-19(29(32)33)9-12-21(18)25/h2-15H,1H3,(H,27,30)(H,28,31)/b22-13+,26-15-. The van der Waals surface area contributed by atoms with E-state index in [4.69, 9.17) is 16.3 Å².